The second-order valence-corrected chi connectivity index (χ2v) is 2.13. The first-order valence-corrected chi connectivity index (χ1v) is 3.16. The summed E-state index contributed by atoms with van der Waals surface area (Å²) in [7, 11) is 0. The van der Waals surface area contributed by atoms with Crippen LogP contribution in [0.25, 0.3) is 0 Å². The third-order valence-corrected chi connectivity index (χ3v) is 1.22. The average molecular weight is 149 g/mol. The van der Waals surface area contributed by atoms with Crippen molar-refractivity contribution in [2.45, 2.75) is 13.5 Å². The molecule has 0 fully saturated rings. The molecule has 0 amide bonds. The molecular formula is C7H7N3O. The van der Waals surface area contributed by atoms with Crippen LogP contribution in [0, 0.1) is 18.3 Å². The van der Waals surface area contributed by atoms with Crippen molar-refractivity contribution in [2.24, 2.45) is 0 Å². The maximum absolute atomic E-state index is 10.9. The van der Waals surface area contributed by atoms with Crippen LogP contribution in [0.2, 0.25) is 0 Å². The van der Waals surface area contributed by atoms with Gasteiger partial charge >= 0.3 is 0 Å². The molecular weight excluding hydrogens is 142 g/mol. The fourth-order valence-electron chi connectivity index (χ4n) is 0.731. The van der Waals surface area contributed by atoms with Crippen molar-refractivity contribution in [1.29, 1.82) is 5.26 Å². The molecule has 0 aliphatic carbocycles. The van der Waals surface area contributed by atoms with E-state index in [4.69, 9.17) is 5.26 Å². The highest BCUT2D eigenvalue weighted by atomic mass is 16.1. The molecule has 0 aromatic carbocycles. The summed E-state index contributed by atoms with van der Waals surface area (Å²) in [4.78, 5) is 10.9. The number of hydrogen-bond donors (Lipinski definition) is 0. The summed E-state index contributed by atoms with van der Waals surface area (Å²) in [6.07, 6.45) is 0. The molecule has 56 valence electrons. The Morgan fingerprint density at radius 1 is 1.73 bits per heavy atom. The van der Waals surface area contributed by atoms with E-state index in [0.717, 1.165) is 10.4 Å². The molecule has 0 saturated heterocycles. The number of nitrogens with zero attached hydrogens (tertiary/aromatic N) is 3. The fraction of sp³-hybridized carbons (Fsp3) is 0.286. The van der Waals surface area contributed by atoms with Crippen molar-refractivity contribution in [2.75, 3.05) is 0 Å². The van der Waals surface area contributed by atoms with E-state index in [2.05, 4.69) is 5.10 Å². The number of nitriles is 1. The predicted molar refractivity (Wildman–Crippen MR) is 38.8 cm³/mol. The van der Waals surface area contributed by atoms with E-state index in [0.29, 0.717) is 0 Å². The highest BCUT2D eigenvalue weighted by molar-refractivity contribution is 4.97. The maximum Gasteiger partial charge on any atom is 0.267 e. The Morgan fingerprint density at radius 3 is 3.09 bits per heavy atom. The first-order chi connectivity index (χ1) is 5.24. The Kier molecular flexibility index (Phi) is 2.02. The zero-order chi connectivity index (χ0) is 8.27. The Morgan fingerprint density at radius 2 is 2.45 bits per heavy atom. The normalized spacial score (nSPS) is 9.09. The Balaban J connectivity index is 3.15. The van der Waals surface area contributed by atoms with Gasteiger partial charge in [-0.05, 0) is 13.0 Å². The van der Waals surface area contributed by atoms with E-state index in [1.54, 1.807) is 13.0 Å². The fourth-order valence-corrected chi connectivity index (χ4v) is 0.731. The van der Waals surface area contributed by atoms with Crippen LogP contribution < -0.4 is 5.56 Å². The van der Waals surface area contributed by atoms with E-state index in [1.165, 1.54) is 6.07 Å². The van der Waals surface area contributed by atoms with E-state index in [9.17, 15) is 4.79 Å². The zero-order valence-corrected chi connectivity index (χ0v) is 6.11. The quantitative estimate of drug-likeness (QED) is 0.568. The first kappa shape index (κ1) is 7.48. The van der Waals surface area contributed by atoms with Gasteiger partial charge in [0.25, 0.3) is 5.56 Å². The molecule has 4 nitrogen and oxygen atoms in total. The monoisotopic (exact) mass is 149 g/mol. The van der Waals surface area contributed by atoms with Crippen LogP contribution >= 0.6 is 0 Å². The van der Waals surface area contributed by atoms with E-state index in [1.807, 2.05) is 6.07 Å². The summed E-state index contributed by atoms with van der Waals surface area (Å²) >= 11 is 0. The standard InChI is InChI=1S/C7H7N3O/c1-6-2-3-7(11)10(9-6)5-4-8/h2-3H,5H2,1H3. The van der Waals surface area contributed by atoms with Gasteiger partial charge in [-0.2, -0.15) is 10.4 Å². The smallest absolute Gasteiger partial charge is 0.267 e. The van der Waals surface area contributed by atoms with E-state index >= 15 is 0 Å². The predicted octanol–water partition coefficient (Wildman–Crippen LogP) is 0.0753. The third-order valence-electron chi connectivity index (χ3n) is 1.22. The lowest BCUT2D eigenvalue weighted by atomic mass is 10.4. The molecule has 1 aromatic rings. The molecule has 0 aliphatic heterocycles. The summed E-state index contributed by atoms with van der Waals surface area (Å²) < 4.78 is 1.13. The summed E-state index contributed by atoms with van der Waals surface area (Å²) in [5.41, 5.74) is 0.497. The minimum absolute atomic E-state index is 0.0144. The first-order valence-electron chi connectivity index (χ1n) is 3.16. The van der Waals surface area contributed by atoms with Gasteiger partial charge in [0.2, 0.25) is 0 Å². The number of aryl methyl sites for hydroxylation is 1. The van der Waals surface area contributed by atoms with Crippen molar-refractivity contribution < 1.29 is 0 Å². The maximum atomic E-state index is 10.9. The lowest BCUT2D eigenvalue weighted by Crippen LogP contribution is -2.21. The molecule has 0 atom stereocenters. The van der Waals surface area contributed by atoms with Crippen LogP contribution in [0.15, 0.2) is 16.9 Å². The number of aromatic nitrogens is 2. The van der Waals surface area contributed by atoms with E-state index < -0.39 is 0 Å². The largest absolute Gasteiger partial charge is 0.268 e. The summed E-state index contributed by atoms with van der Waals surface area (Å²) in [6.45, 7) is 1.79. The molecule has 0 radical (unpaired) electrons. The molecule has 0 spiro atoms. The van der Waals surface area contributed by atoms with Crippen LogP contribution in [0.3, 0.4) is 0 Å². The van der Waals surface area contributed by atoms with Crippen molar-refractivity contribution in [1.82, 2.24) is 9.78 Å². The van der Waals surface area contributed by atoms with Crippen molar-refractivity contribution in [3.05, 3.63) is 28.2 Å². The number of hydrogen-bond acceptors (Lipinski definition) is 3. The highest BCUT2D eigenvalue weighted by Gasteiger charge is 1.94. The van der Waals surface area contributed by atoms with Gasteiger partial charge in [-0.1, -0.05) is 0 Å². The summed E-state index contributed by atoms with van der Waals surface area (Å²) in [5.74, 6) is 0. The SMILES string of the molecule is Cc1ccc(=O)n(CC#N)n1. The Hall–Kier alpha value is -1.63. The Bertz CT molecular complexity index is 347. The molecule has 0 saturated carbocycles. The van der Waals surface area contributed by atoms with Crippen molar-refractivity contribution in [3.8, 4) is 6.07 Å². The second kappa shape index (κ2) is 2.97. The van der Waals surface area contributed by atoms with Gasteiger partial charge in [-0.25, -0.2) is 4.68 Å². The third kappa shape index (κ3) is 1.64. The molecule has 11 heavy (non-hydrogen) atoms. The molecule has 0 unspecified atom stereocenters. The lowest BCUT2D eigenvalue weighted by molar-refractivity contribution is 0.646. The number of rotatable bonds is 1. The van der Waals surface area contributed by atoms with Crippen LogP contribution in [-0.2, 0) is 6.54 Å². The topological polar surface area (TPSA) is 58.7 Å². The summed E-state index contributed by atoms with van der Waals surface area (Å²) in [6, 6.07) is 4.88. The van der Waals surface area contributed by atoms with Gasteiger partial charge in [0, 0.05) is 6.07 Å². The van der Waals surface area contributed by atoms with Gasteiger partial charge in [-0.15, -0.1) is 0 Å². The van der Waals surface area contributed by atoms with Gasteiger partial charge in [0.05, 0.1) is 11.8 Å². The van der Waals surface area contributed by atoms with Crippen LogP contribution in [-0.4, -0.2) is 9.78 Å². The van der Waals surface area contributed by atoms with Crippen molar-refractivity contribution >= 4 is 0 Å². The van der Waals surface area contributed by atoms with Gasteiger partial charge in [-0.3, -0.25) is 4.79 Å². The molecule has 1 aromatic heterocycles. The average Bonchev–Trinajstić information content (AvgIpc) is 1.98. The summed E-state index contributed by atoms with van der Waals surface area (Å²) in [5, 5.41) is 12.1. The minimum Gasteiger partial charge on any atom is -0.268 e. The Labute approximate surface area is 63.7 Å². The van der Waals surface area contributed by atoms with Gasteiger partial charge < -0.3 is 0 Å². The van der Waals surface area contributed by atoms with Gasteiger partial charge in [0.15, 0.2) is 0 Å². The minimum atomic E-state index is -0.239. The van der Waals surface area contributed by atoms with E-state index in [-0.39, 0.29) is 12.1 Å². The molecule has 0 bridgehead atoms. The zero-order valence-electron chi connectivity index (χ0n) is 6.11. The second-order valence-electron chi connectivity index (χ2n) is 2.13. The lowest BCUT2D eigenvalue weighted by Gasteiger charge is -1.97. The van der Waals surface area contributed by atoms with Gasteiger partial charge in [0.1, 0.15) is 6.54 Å². The van der Waals surface area contributed by atoms with Crippen LogP contribution in [0.4, 0.5) is 0 Å². The molecule has 1 rings (SSSR count). The molecule has 0 N–H and O–H groups in total. The molecule has 1 heterocycles. The molecule has 4 heteroatoms. The molecule has 0 aliphatic rings. The van der Waals surface area contributed by atoms with Crippen molar-refractivity contribution in [3.63, 3.8) is 0 Å². The highest BCUT2D eigenvalue weighted by Crippen LogP contribution is 1.84. The van der Waals surface area contributed by atoms with Crippen LogP contribution in [0.5, 0.6) is 0 Å². The van der Waals surface area contributed by atoms with Crippen LogP contribution in [0.1, 0.15) is 5.69 Å².